The summed E-state index contributed by atoms with van der Waals surface area (Å²) >= 11 is 0. The van der Waals surface area contributed by atoms with Crippen molar-refractivity contribution in [2.24, 2.45) is 0 Å². The second-order valence-electron chi connectivity index (χ2n) is 3.68. The zero-order chi connectivity index (χ0) is 11.0. The maximum Gasteiger partial charge on any atom is 0.244 e. The van der Waals surface area contributed by atoms with Gasteiger partial charge in [-0.25, -0.2) is 4.39 Å². The Morgan fingerprint density at radius 3 is 2.93 bits per heavy atom. The molecular formula is C11H13FN2O. The maximum atomic E-state index is 13.5. The third-order valence-electron chi connectivity index (χ3n) is 2.84. The first-order valence-electron chi connectivity index (χ1n) is 4.87. The van der Waals surface area contributed by atoms with Gasteiger partial charge >= 0.3 is 0 Å². The molecular weight excluding hydrogens is 195 g/mol. The standard InChI is InChI=1S/C11H13FN2O/c1-13-9-6-7-8(12)4-3-5-10(7)14(2)11(9)15/h3-5,9,13H,6H2,1-2H3. The number of carbonyl (C=O) groups is 1. The predicted molar refractivity (Wildman–Crippen MR) is 56.4 cm³/mol. The Balaban J connectivity index is 2.50. The summed E-state index contributed by atoms with van der Waals surface area (Å²) in [6.07, 6.45) is 0.418. The van der Waals surface area contributed by atoms with Crippen LogP contribution in [0.2, 0.25) is 0 Å². The number of likely N-dealkylation sites (N-methyl/N-ethyl adjacent to an activating group) is 2. The fourth-order valence-electron chi connectivity index (χ4n) is 1.93. The largest absolute Gasteiger partial charge is 0.314 e. The molecule has 0 spiro atoms. The Morgan fingerprint density at radius 2 is 2.27 bits per heavy atom. The minimum absolute atomic E-state index is 0.0180. The van der Waals surface area contributed by atoms with Crippen LogP contribution in [-0.2, 0) is 11.2 Å². The number of halogens is 1. The number of benzene rings is 1. The summed E-state index contributed by atoms with van der Waals surface area (Å²) < 4.78 is 13.5. The molecule has 1 atom stereocenters. The average molecular weight is 208 g/mol. The van der Waals surface area contributed by atoms with Gasteiger partial charge in [0.05, 0.1) is 6.04 Å². The van der Waals surface area contributed by atoms with E-state index < -0.39 is 0 Å². The summed E-state index contributed by atoms with van der Waals surface area (Å²) in [4.78, 5) is 13.3. The molecule has 3 nitrogen and oxygen atoms in total. The van der Waals surface area contributed by atoms with Crippen LogP contribution in [0.15, 0.2) is 18.2 Å². The number of fused-ring (bicyclic) bond motifs is 1. The van der Waals surface area contributed by atoms with Crippen LogP contribution < -0.4 is 10.2 Å². The van der Waals surface area contributed by atoms with E-state index in [1.807, 2.05) is 0 Å². The summed E-state index contributed by atoms with van der Waals surface area (Å²) in [6, 6.07) is 4.49. The van der Waals surface area contributed by atoms with Crippen LogP contribution in [0.25, 0.3) is 0 Å². The fourth-order valence-corrected chi connectivity index (χ4v) is 1.93. The third kappa shape index (κ3) is 1.51. The van der Waals surface area contributed by atoms with Gasteiger partial charge in [0.1, 0.15) is 5.82 Å². The topological polar surface area (TPSA) is 32.3 Å². The number of rotatable bonds is 1. The number of anilines is 1. The van der Waals surface area contributed by atoms with Crippen LogP contribution in [0.1, 0.15) is 5.56 Å². The van der Waals surface area contributed by atoms with E-state index >= 15 is 0 Å². The molecule has 2 rings (SSSR count). The second-order valence-corrected chi connectivity index (χ2v) is 3.68. The quantitative estimate of drug-likeness (QED) is 0.744. The Hall–Kier alpha value is -1.42. The van der Waals surface area contributed by atoms with E-state index in [4.69, 9.17) is 0 Å². The van der Waals surface area contributed by atoms with Gasteiger partial charge in [-0.15, -0.1) is 0 Å². The van der Waals surface area contributed by atoms with E-state index in [-0.39, 0.29) is 17.8 Å². The van der Waals surface area contributed by atoms with Crippen LogP contribution in [0.4, 0.5) is 10.1 Å². The molecule has 0 bridgehead atoms. The number of nitrogens with one attached hydrogen (secondary N) is 1. The summed E-state index contributed by atoms with van der Waals surface area (Å²) in [6.45, 7) is 0. The van der Waals surface area contributed by atoms with Gasteiger partial charge in [0.15, 0.2) is 0 Å². The maximum absolute atomic E-state index is 13.5. The fraction of sp³-hybridized carbons (Fsp3) is 0.364. The summed E-state index contributed by atoms with van der Waals surface area (Å²) in [7, 11) is 3.38. The van der Waals surface area contributed by atoms with Gasteiger partial charge in [-0.1, -0.05) is 6.07 Å². The van der Waals surface area contributed by atoms with Gasteiger partial charge in [-0.3, -0.25) is 4.79 Å². The van der Waals surface area contributed by atoms with Gasteiger partial charge in [0, 0.05) is 24.7 Å². The zero-order valence-corrected chi connectivity index (χ0v) is 8.75. The number of nitrogens with zero attached hydrogens (tertiary/aromatic N) is 1. The molecule has 0 radical (unpaired) electrons. The summed E-state index contributed by atoms with van der Waals surface area (Å²) in [5, 5.41) is 2.89. The van der Waals surface area contributed by atoms with Gasteiger partial charge in [-0.2, -0.15) is 0 Å². The molecule has 1 N–H and O–H groups in total. The highest BCUT2D eigenvalue weighted by atomic mass is 19.1. The normalized spacial score (nSPS) is 20.3. The lowest BCUT2D eigenvalue weighted by Crippen LogP contribution is -2.48. The van der Waals surface area contributed by atoms with Crippen molar-refractivity contribution in [2.45, 2.75) is 12.5 Å². The number of amides is 1. The van der Waals surface area contributed by atoms with E-state index in [1.165, 1.54) is 11.0 Å². The molecule has 0 aliphatic carbocycles. The Bertz CT molecular complexity index is 406. The molecule has 1 heterocycles. The van der Waals surface area contributed by atoms with Crippen LogP contribution in [0, 0.1) is 5.82 Å². The Morgan fingerprint density at radius 1 is 1.53 bits per heavy atom. The molecule has 80 valence electrons. The van der Waals surface area contributed by atoms with Gasteiger partial charge in [0.2, 0.25) is 5.91 Å². The molecule has 0 aromatic heterocycles. The first-order valence-corrected chi connectivity index (χ1v) is 4.87. The molecule has 0 saturated heterocycles. The predicted octanol–water partition coefficient (Wildman–Crippen LogP) is 0.933. The van der Waals surface area contributed by atoms with Crippen molar-refractivity contribution in [3.63, 3.8) is 0 Å². The molecule has 0 fully saturated rings. The van der Waals surface area contributed by atoms with Crippen molar-refractivity contribution in [2.75, 3.05) is 19.0 Å². The minimum atomic E-state index is -0.320. The van der Waals surface area contributed by atoms with E-state index in [0.717, 1.165) is 0 Å². The smallest absolute Gasteiger partial charge is 0.244 e. The lowest BCUT2D eigenvalue weighted by atomic mass is 9.97. The van der Waals surface area contributed by atoms with Crippen LogP contribution in [0.3, 0.4) is 0 Å². The third-order valence-corrected chi connectivity index (χ3v) is 2.84. The highest BCUT2D eigenvalue weighted by Gasteiger charge is 2.30. The van der Waals surface area contributed by atoms with E-state index in [9.17, 15) is 9.18 Å². The van der Waals surface area contributed by atoms with Crippen molar-refractivity contribution in [3.05, 3.63) is 29.6 Å². The van der Waals surface area contributed by atoms with Crippen molar-refractivity contribution < 1.29 is 9.18 Å². The lowest BCUT2D eigenvalue weighted by molar-refractivity contribution is -0.120. The van der Waals surface area contributed by atoms with Gasteiger partial charge in [-0.05, 0) is 19.2 Å². The Kier molecular flexibility index (Phi) is 2.44. The minimum Gasteiger partial charge on any atom is -0.314 e. The first-order chi connectivity index (χ1) is 7.15. The molecule has 1 aromatic carbocycles. The second kappa shape index (κ2) is 3.62. The van der Waals surface area contributed by atoms with Crippen LogP contribution >= 0.6 is 0 Å². The monoisotopic (exact) mass is 208 g/mol. The van der Waals surface area contributed by atoms with Crippen molar-refractivity contribution in [1.82, 2.24) is 5.32 Å². The summed E-state index contributed by atoms with van der Waals surface area (Å²) in [5.74, 6) is -0.261. The Labute approximate surface area is 87.9 Å². The molecule has 1 unspecified atom stereocenters. The van der Waals surface area contributed by atoms with Crippen LogP contribution in [-0.4, -0.2) is 26.0 Å². The number of carbonyl (C=O) groups excluding carboxylic acids is 1. The zero-order valence-electron chi connectivity index (χ0n) is 8.75. The van der Waals surface area contributed by atoms with Gasteiger partial charge < -0.3 is 10.2 Å². The molecule has 15 heavy (non-hydrogen) atoms. The number of hydrogen-bond acceptors (Lipinski definition) is 2. The SMILES string of the molecule is CNC1Cc2c(F)cccc2N(C)C1=O. The highest BCUT2D eigenvalue weighted by molar-refractivity contribution is 5.99. The van der Waals surface area contributed by atoms with E-state index in [1.54, 1.807) is 26.2 Å². The average Bonchev–Trinajstić information content (AvgIpc) is 2.24. The number of hydrogen-bond donors (Lipinski definition) is 1. The first kappa shape index (κ1) is 10.1. The van der Waals surface area contributed by atoms with E-state index in [0.29, 0.717) is 17.7 Å². The lowest BCUT2D eigenvalue weighted by Gasteiger charge is -2.31. The highest BCUT2D eigenvalue weighted by Crippen LogP contribution is 2.28. The van der Waals surface area contributed by atoms with E-state index in [2.05, 4.69) is 5.32 Å². The molecule has 1 amide bonds. The van der Waals surface area contributed by atoms with Crippen LogP contribution in [0.5, 0.6) is 0 Å². The summed E-state index contributed by atoms with van der Waals surface area (Å²) in [5.41, 5.74) is 1.28. The molecule has 1 aliphatic heterocycles. The molecule has 0 saturated carbocycles. The molecule has 1 aromatic rings. The van der Waals surface area contributed by atoms with Gasteiger partial charge in [0.25, 0.3) is 0 Å². The van der Waals surface area contributed by atoms with Crippen molar-refractivity contribution >= 4 is 11.6 Å². The molecule has 1 aliphatic rings. The molecule has 4 heteroatoms. The van der Waals surface area contributed by atoms with Crippen molar-refractivity contribution in [1.29, 1.82) is 0 Å². The van der Waals surface area contributed by atoms with Crippen molar-refractivity contribution in [3.8, 4) is 0 Å².